The summed E-state index contributed by atoms with van der Waals surface area (Å²) < 4.78 is 0. The largest absolute Gasteiger partial charge is 0.387 e. The van der Waals surface area contributed by atoms with Crippen LogP contribution in [0.5, 0.6) is 0 Å². The molecule has 2 heteroatoms. The number of likely N-dealkylation sites (N-methyl/N-ethyl adjacent to an activating group) is 1. The Morgan fingerprint density at radius 3 is 2.09 bits per heavy atom. The third kappa shape index (κ3) is 2.46. The predicted molar refractivity (Wildman–Crippen MR) is 46.5 cm³/mol. The van der Waals surface area contributed by atoms with Crippen molar-refractivity contribution >= 4 is 0 Å². The topological polar surface area (TPSA) is 23.5 Å². The molecule has 11 heavy (non-hydrogen) atoms. The highest BCUT2D eigenvalue weighted by Crippen LogP contribution is 2.32. The predicted octanol–water partition coefficient (Wildman–Crippen LogP) is 1.10. The molecule has 0 aromatic carbocycles. The highest BCUT2D eigenvalue weighted by molar-refractivity contribution is 4.96. The van der Waals surface area contributed by atoms with Gasteiger partial charge in [0.25, 0.3) is 0 Å². The number of rotatable bonds is 1. The van der Waals surface area contributed by atoms with Gasteiger partial charge in [-0.15, -0.1) is 0 Å². The molecule has 1 rings (SSSR count). The monoisotopic (exact) mass is 157 g/mol. The van der Waals surface area contributed by atoms with Gasteiger partial charge in [-0.25, -0.2) is 0 Å². The van der Waals surface area contributed by atoms with Crippen LogP contribution in [0.3, 0.4) is 0 Å². The van der Waals surface area contributed by atoms with Gasteiger partial charge in [-0.3, -0.25) is 0 Å². The van der Waals surface area contributed by atoms with E-state index in [1.165, 1.54) is 0 Å². The molecule has 0 atom stereocenters. The Morgan fingerprint density at radius 2 is 1.82 bits per heavy atom. The van der Waals surface area contributed by atoms with Gasteiger partial charge in [0.1, 0.15) is 0 Å². The molecule has 0 aliphatic carbocycles. The van der Waals surface area contributed by atoms with Crippen LogP contribution in [0.25, 0.3) is 0 Å². The van der Waals surface area contributed by atoms with E-state index in [4.69, 9.17) is 0 Å². The molecule has 0 aromatic rings. The maximum Gasteiger partial charge on any atom is 0.0904 e. The highest BCUT2D eigenvalue weighted by atomic mass is 16.3. The lowest BCUT2D eigenvalue weighted by molar-refractivity contribution is -0.108. The van der Waals surface area contributed by atoms with E-state index in [1.807, 2.05) is 7.05 Å². The Kier molecular flexibility index (Phi) is 2.01. The second-order valence-corrected chi connectivity index (χ2v) is 5.13. The van der Waals surface area contributed by atoms with Gasteiger partial charge in [0.05, 0.1) is 5.60 Å². The van der Waals surface area contributed by atoms with Gasteiger partial charge in [0.2, 0.25) is 0 Å². The second kappa shape index (κ2) is 2.46. The Bertz CT molecular complexity index is 142. The number of likely N-dealkylation sites (tertiary alicyclic amines) is 1. The summed E-state index contributed by atoms with van der Waals surface area (Å²) in [5.41, 5.74) is -0.150. The molecule has 1 fully saturated rings. The van der Waals surface area contributed by atoms with Gasteiger partial charge < -0.3 is 10.0 Å². The van der Waals surface area contributed by atoms with Crippen molar-refractivity contribution in [1.82, 2.24) is 4.90 Å². The smallest absolute Gasteiger partial charge is 0.0904 e. The van der Waals surface area contributed by atoms with Crippen LogP contribution in [0.2, 0.25) is 0 Å². The van der Waals surface area contributed by atoms with Gasteiger partial charge in [0, 0.05) is 13.1 Å². The number of β-amino-alcohol motifs (C(OH)–C–C–N with tert-alkyl or cyclic N) is 1. The molecule has 0 spiro atoms. The van der Waals surface area contributed by atoms with Gasteiger partial charge in [-0.05, 0) is 18.9 Å². The molecular weight excluding hydrogens is 138 g/mol. The molecule has 1 aliphatic heterocycles. The maximum absolute atomic E-state index is 9.87. The number of hydrogen-bond acceptors (Lipinski definition) is 2. The van der Waals surface area contributed by atoms with Crippen molar-refractivity contribution in [1.29, 1.82) is 0 Å². The van der Waals surface area contributed by atoms with Crippen LogP contribution < -0.4 is 0 Å². The van der Waals surface area contributed by atoms with Crippen LogP contribution >= 0.6 is 0 Å². The Balaban J connectivity index is 2.38. The summed E-state index contributed by atoms with van der Waals surface area (Å²) in [5, 5.41) is 9.87. The second-order valence-electron chi connectivity index (χ2n) is 5.13. The van der Waals surface area contributed by atoms with Crippen LogP contribution in [0.4, 0.5) is 0 Å². The lowest BCUT2D eigenvalue weighted by Crippen LogP contribution is -2.61. The fraction of sp³-hybridized carbons (Fsp3) is 1.00. The molecule has 1 saturated heterocycles. The van der Waals surface area contributed by atoms with Gasteiger partial charge in [0.15, 0.2) is 0 Å². The van der Waals surface area contributed by atoms with E-state index >= 15 is 0 Å². The van der Waals surface area contributed by atoms with Crippen LogP contribution in [0.1, 0.15) is 27.2 Å². The van der Waals surface area contributed by atoms with Gasteiger partial charge in [-0.2, -0.15) is 0 Å². The molecule has 2 nitrogen and oxygen atoms in total. The minimum atomic E-state index is -0.396. The van der Waals surface area contributed by atoms with Crippen molar-refractivity contribution in [2.75, 3.05) is 20.1 Å². The first-order valence-electron chi connectivity index (χ1n) is 4.22. The first-order valence-corrected chi connectivity index (χ1v) is 4.22. The maximum atomic E-state index is 9.87. The molecular formula is C9H19NO. The first-order chi connectivity index (χ1) is 4.81. The lowest BCUT2D eigenvalue weighted by atomic mass is 9.78. The molecule has 66 valence electrons. The molecule has 1 heterocycles. The number of nitrogens with zero attached hydrogens (tertiary/aromatic N) is 1. The van der Waals surface area contributed by atoms with E-state index in [-0.39, 0.29) is 5.41 Å². The zero-order valence-corrected chi connectivity index (χ0v) is 8.02. The normalized spacial score (nSPS) is 24.8. The molecule has 0 unspecified atom stereocenters. The van der Waals surface area contributed by atoms with Crippen molar-refractivity contribution in [2.24, 2.45) is 5.41 Å². The third-order valence-electron chi connectivity index (χ3n) is 1.99. The Morgan fingerprint density at radius 1 is 1.36 bits per heavy atom. The molecule has 0 aromatic heterocycles. The van der Waals surface area contributed by atoms with Crippen LogP contribution in [0.15, 0.2) is 0 Å². The van der Waals surface area contributed by atoms with Crippen molar-refractivity contribution < 1.29 is 5.11 Å². The van der Waals surface area contributed by atoms with E-state index in [0.717, 1.165) is 19.5 Å². The summed E-state index contributed by atoms with van der Waals surface area (Å²) in [5.74, 6) is 0. The van der Waals surface area contributed by atoms with Gasteiger partial charge in [-0.1, -0.05) is 20.8 Å². The fourth-order valence-corrected chi connectivity index (χ4v) is 2.06. The number of hydrogen-bond donors (Lipinski definition) is 1. The Hall–Kier alpha value is -0.0800. The SMILES string of the molecule is CN1CC(O)(CC(C)(C)C)C1. The molecule has 0 amide bonds. The van der Waals surface area contributed by atoms with Crippen LogP contribution in [-0.4, -0.2) is 35.7 Å². The molecule has 0 bridgehead atoms. The standard InChI is InChI=1S/C9H19NO/c1-8(2,3)5-9(11)6-10(4)7-9/h11H,5-7H2,1-4H3. The third-order valence-corrected chi connectivity index (χ3v) is 1.99. The van der Waals surface area contributed by atoms with Crippen molar-refractivity contribution in [3.63, 3.8) is 0 Å². The van der Waals surface area contributed by atoms with Crippen LogP contribution in [0, 0.1) is 5.41 Å². The summed E-state index contributed by atoms with van der Waals surface area (Å²) in [6.45, 7) is 8.18. The summed E-state index contributed by atoms with van der Waals surface area (Å²) >= 11 is 0. The van der Waals surface area contributed by atoms with E-state index in [0.29, 0.717) is 0 Å². The van der Waals surface area contributed by atoms with Crippen molar-refractivity contribution in [2.45, 2.75) is 32.8 Å². The summed E-state index contributed by atoms with van der Waals surface area (Å²) in [6.07, 6.45) is 0.907. The van der Waals surface area contributed by atoms with E-state index in [1.54, 1.807) is 0 Å². The minimum Gasteiger partial charge on any atom is -0.387 e. The minimum absolute atomic E-state index is 0.246. The summed E-state index contributed by atoms with van der Waals surface area (Å²) in [4.78, 5) is 2.14. The number of aliphatic hydroxyl groups is 1. The highest BCUT2D eigenvalue weighted by Gasteiger charge is 2.41. The molecule has 0 radical (unpaired) electrons. The molecule has 0 saturated carbocycles. The fourth-order valence-electron chi connectivity index (χ4n) is 2.06. The quantitative estimate of drug-likeness (QED) is 0.616. The van der Waals surface area contributed by atoms with E-state index in [2.05, 4.69) is 25.7 Å². The summed E-state index contributed by atoms with van der Waals surface area (Å²) in [6, 6.07) is 0. The average Bonchev–Trinajstić information content (AvgIpc) is 1.53. The van der Waals surface area contributed by atoms with Gasteiger partial charge >= 0.3 is 0 Å². The van der Waals surface area contributed by atoms with Crippen molar-refractivity contribution in [3.05, 3.63) is 0 Å². The van der Waals surface area contributed by atoms with Crippen LogP contribution in [-0.2, 0) is 0 Å². The zero-order valence-electron chi connectivity index (χ0n) is 8.02. The van der Waals surface area contributed by atoms with E-state index < -0.39 is 5.60 Å². The zero-order chi connectivity index (χ0) is 8.70. The summed E-state index contributed by atoms with van der Waals surface area (Å²) in [7, 11) is 2.04. The first kappa shape index (κ1) is 9.01. The lowest BCUT2D eigenvalue weighted by Gasteiger charge is -2.47. The molecule has 1 aliphatic rings. The average molecular weight is 157 g/mol. The Labute approximate surface area is 69.2 Å². The van der Waals surface area contributed by atoms with Crippen molar-refractivity contribution in [3.8, 4) is 0 Å². The van der Waals surface area contributed by atoms with E-state index in [9.17, 15) is 5.11 Å². The molecule has 1 N–H and O–H groups in total.